The maximum absolute atomic E-state index is 12.7. The second-order valence-electron chi connectivity index (χ2n) is 10.6. The normalized spacial score (nSPS) is 23.4. The summed E-state index contributed by atoms with van der Waals surface area (Å²) in [5.41, 5.74) is 2.27. The van der Waals surface area contributed by atoms with Crippen LogP contribution < -0.4 is 15.8 Å². The first-order chi connectivity index (χ1) is 21.3. The van der Waals surface area contributed by atoms with Crippen molar-refractivity contribution in [1.82, 2.24) is 5.32 Å². The lowest BCUT2D eigenvalue weighted by Gasteiger charge is -2.49. The molecule has 14 nitrogen and oxygen atoms in total. The third kappa shape index (κ3) is 9.11. The molecule has 2 aromatic rings. The Kier molecular flexibility index (Phi) is 12.2. The number of ketones is 2. The predicted molar refractivity (Wildman–Crippen MR) is 161 cm³/mol. The second kappa shape index (κ2) is 15.6. The number of aliphatic hydroxyl groups excluding tert-OH is 2. The third-order valence-corrected chi connectivity index (χ3v) is 7.17. The summed E-state index contributed by atoms with van der Waals surface area (Å²) in [7, 11) is 1.50. The quantitative estimate of drug-likeness (QED) is 0.0922. The number of benzene rings is 2. The van der Waals surface area contributed by atoms with Gasteiger partial charge < -0.3 is 55.9 Å². The monoisotopic (exact) mass is 630 g/mol. The molecule has 45 heavy (non-hydrogen) atoms. The molecule has 1 aliphatic rings. The van der Waals surface area contributed by atoms with Gasteiger partial charge in [-0.3, -0.25) is 9.59 Å². The molecule has 0 bridgehead atoms. The van der Waals surface area contributed by atoms with Crippen molar-refractivity contribution in [2.45, 2.75) is 36.3 Å². The van der Waals surface area contributed by atoms with Crippen molar-refractivity contribution in [3.8, 4) is 23.0 Å². The molecule has 0 aromatic heterocycles. The number of hydrogen-bond donors (Lipinski definition) is 8. The Balaban J connectivity index is 1.72. The fourth-order valence-electron chi connectivity index (χ4n) is 4.92. The van der Waals surface area contributed by atoms with Gasteiger partial charge in [-0.2, -0.15) is 0 Å². The van der Waals surface area contributed by atoms with Crippen LogP contribution in [0.4, 0.5) is 0 Å². The summed E-state index contributed by atoms with van der Waals surface area (Å²) in [6, 6.07) is 8.38. The number of carboxylic acids is 1. The zero-order valence-electron chi connectivity index (χ0n) is 24.6. The number of likely N-dealkylation sites (N-methyl/N-ethyl adjacent to an activating group) is 1. The molecule has 0 radical (unpaired) electrons. The molecule has 1 fully saturated rings. The molecule has 0 saturated heterocycles. The van der Waals surface area contributed by atoms with Crippen molar-refractivity contribution in [2.24, 2.45) is 5.73 Å². The number of phenolic OH excluding ortho intramolecular Hbond substituents is 3. The van der Waals surface area contributed by atoms with Gasteiger partial charge in [0.1, 0.15) is 31.5 Å². The number of phenols is 3. The van der Waals surface area contributed by atoms with E-state index >= 15 is 0 Å². The lowest BCUT2D eigenvalue weighted by molar-refractivity contribution is -0.236. The van der Waals surface area contributed by atoms with Crippen LogP contribution in [-0.4, -0.2) is 112 Å². The van der Waals surface area contributed by atoms with Crippen LogP contribution in [0.25, 0.3) is 12.2 Å². The molecule has 0 amide bonds. The van der Waals surface area contributed by atoms with E-state index in [2.05, 4.69) is 5.32 Å². The fraction of sp³-hybridized carbons (Fsp3) is 0.387. The van der Waals surface area contributed by atoms with Gasteiger partial charge in [-0.25, -0.2) is 4.79 Å². The first-order valence-electron chi connectivity index (χ1n) is 14.0. The molecule has 0 aliphatic heterocycles. The fourth-order valence-corrected chi connectivity index (χ4v) is 4.92. The van der Waals surface area contributed by atoms with E-state index in [-0.39, 0.29) is 42.7 Å². The van der Waals surface area contributed by atoms with Crippen molar-refractivity contribution in [1.29, 1.82) is 0 Å². The van der Waals surface area contributed by atoms with E-state index in [0.717, 1.165) is 12.2 Å². The SMILES string of the molecule is CNC[C@@]1(OCC(=O)/C=C/c2ccc(O)c(O)c2)C[C@](OCC(=O)/C=C/c2ccc(OCCN)c(O)c2)(C(=O)O)C[C@@H](O)[C@H]1O. The van der Waals surface area contributed by atoms with Gasteiger partial charge in [0, 0.05) is 25.9 Å². The van der Waals surface area contributed by atoms with Gasteiger partial charge in [0.25, 0.3) is 0 Å². The summed E-state index contributed by atoms with van der Waals surface area (Å²) >= 11 is 0. The molecule has 1 aliphatic carbocycles. The van der Waals surface area contributed by atoms with Crippen molar-refractivity contribution < 1.29 is 59.2 Å². The number of hydrogen-bond acceptors (Lipinski definition) is 13. The number of nitrogens with one attached hydrogen (secondary N) is 1. The topological polar surface area (TPSA) is 238 Å². The van der Waals surface area contributed by atoms with Gasteiger partial charge in [0.2, 0.25) is 0 Å². The Morgan fingerprint density at radius 3 is 2.09 bits per heavy atom. The highest BCUT2D eigenvalue weighted by atomic mass is 16.5. The zero-order chi connectivity index (χ0) is 33.2. The number of carboxylic acid groups (broad SMARTS) is 1. The maximum atomic E-state index is 12.7. The standard InChI is InChI=1S/C31H38N2O12/c1-33-18-31(45-16-22(35)6-2-19-4-8-23(36)24(37)12-19)17-30(29(41)42,14-26(39)28(31)40)44-15-21(34)7-3-20-5-9-27(25(38)13-20)43-11-10-32/h2-9,12-13,26,28,33,36-40H,10-11,14-18,32H2,1H3,(H,41,42)/b6-2+,7-3+/t26-,28-,30+,31+/m1/s1. The first-order valence-corrected chi connectivity index (χ1v) is 14.0. The van der Waals surface area contributed by atoms with Crippen LogP contribution in [0, 0.1) is 0 Å². The van der Waals surface area contributed by atoms with Crippen LogP contribution in [0.5, 0.6) is 23.0 Å². The van der Waals surface area contributed by atoms with E-state index in [1.807, 2.05) is 0 Å². The minimum Gasteiger partial charge on any atom is -0.504 e. The summed E-state index contributed by atoms with van der Waals surface area (Å²) in [6.45, 7) is -1.04. The van der Waals surface area contributed by atoms with E-state index in [1.165, 1.54) is 49.5 Å². The van der Waals surface area contributed by atoms with Crippen LogP contribution in [0.15, 0.2) is 48.6 Å². The Bertz CT molecular complexity index is 1430. The smallest absolute Gasteiger partial charge is 0.336 e. The summed E-state index contributed by atoms with van der Waals surface area (Å²) in [5.74, 6) is -3.38. The van der Waals surface area contributed by atoms with Gasteiger partial charge in [0.15, 0.2) is 40.2 Å². The highest BCUT2D eigenvalue weighted by Crippen LogP contribution is 2.41. The van der Waals surface area contributed by atoms with Crippen molar-refractivity contribution in [3.63, 3.8) is 0 Å². The average molecular weight is 631 g/mol. The summed E-state index contributed by atoms with van der Waals surface area (Å²) < 4.78 is 16.7. The lowest BCUT2D eigenvalue weighted by Crippen LogP contribution is -2.67. The third-order valence-electron chi connectivity index (χ3n) is 7.17. The summed E-state index contributed by atoms with van der Waals surface area (Å²) in [4.78, 5) is 37.8. The Morgan fingerprint density at radius 2 is 1.53 bits per heavy atom. The number of aliphatic carboxylic acids is 1. The van der Waals surface area contributed by atoms with Crippen LogP contribution in [0.2, 0.25) is 0 Å². The predicted octanol–water partition coefficient (Wildman–Crippen LogP) is 0.336. The molecule has 0 heterocycles. The highest BCUT2D eigenvalue weighted by molar-refractivity contribution is 5.95. The number of aliphatic hydroxyl groups is 2. The van der Waals surface area contributed by atoms with Gasteiger partial charge in [0.05, 0.1) is 6.10 Å². The van der Waals surface area contributed by atoms with E-state index < -0.39 is 67.0 Å². The first kappa shape index (κ1) is 35.2. The maximum Gasteiger partial charge on any atom is 0.336 e. The number of carbonyl (C=O) groups is 3. The van der Waals surface area contributed by atoms with Gasteiger partial charge in [-0.1, -0.05) is 24.3 Å². The minimum absolute atomic E-state index is 0.164. The number of carbonyl (C=O) groups excluding carboxylic acids is 2. The molecule has 2 aromatic carbocycles. The Labute approximate surface area is 259 Å². The van der Waals surface area contributed by atoms with Crippen molar-refractivity contribution in [3.05, 3.63) is 59.7 Å². The van der Waals surface area contributed by atoms with E-state index in [9.17, 15) is 45.0 Å². The molecular weight excluding hydrogens is 592 g/mol. The molecule has 1 saturated carbocycles. The molecule has 0 spiro atoms. The molecule has 4 atom stereocenters. The molecule has 3 rings (SSSR count). The Morgan fingerprint density at radius 1 is 0.933 bits per heavy atom. The molecule has 9 N–H and O–H groups in total. The number of aromatic hydroxyl groups is 3. The summed E-state index contributed by atoms with van der Waals surface area (Å²) in [6.07, 6.45) is 0.660. The van der Waals surface area contributed by atoms with Crippen LogP contribution >= 0.6 is 0 Å². The lowest BCUT2D eigenvalue weighted by atomic mass is 9.71. The van der Waals surface area contributed by atoms with Gasteiger partial charge in [-0.15, -0.1) is 0 Å². The largest absolute Gasteiger partial charge is 0.504 e. The number of rotatable bonds is 16. The number of nitrogens with two attached hydrogens (primary N) is 1. The van der Waals surface area contributed by atoms with Crippen LogP contribution in [-0.2, 0) is 23.9 Å². The van der Waals surface area contributed by atoms with Crippen molar-refractivity contribution in [2.75, 3.05) is 40.0 Å². The second-order valence-corrected chi connectivity index (χ2v) is 10.6. The molecule has 244 valence electrons. The van der Waals surface area contributed by atoms with Gasteiger partial charge in [-0.05, 0) is 54.6 Å². The molecule has 0 unspecified atom stereocenters. The van der Waals surface area contributed by atoms with E-state index in [1.54, 1.807) is 6.07 Å². The van der Waals surface area contributed by atoms with E-state index in [0.29, 0.717) is 11.1 Å². The van der Waals surface area contributed by atoms with Crippen LogP contribution in [0.3, 0.4) is 0 Å². The Hall–Kier alpha value is -4.31. The van der Waals surface area contributed by atoms with Crippen LogP contribution in [0.1, 0.15) is 24.0 Å². The van der Waals surface area contributed by atoms with Crippen molar-refractivity contribution >= 4 is 29.7 Å². The molecule has 14 heteroatoms. The van der Waals surface area contributed by atoms with E-state index in [4.69, 9.17) is 19.9 Å². The van der Waals surface area contributed by atoms with Gasteiger partial charge >= 0.3 is 5.97 Å². The number of ether oxygens (including phenoxy) is 3. The average Bonchev–Trinajstić information content (AvgIpc) is 3.00. The zero-order valence-corrected chi connectivity index (χ0v) is 24.6. The minimum atomic E-state index is -2.16. The highest BCUT2D eigenvalue weighted by Gasteiger charge is 2.59. The summed E-state index contributed by atoms with van der Waals surface area (Å²) in [5, 5.41) is 63.8. The molecular formula is C31H38N2O12.